The molecular formula is C23H29N3O4. The molecule has 0 radical (unpaired) electrons. The Labute approximate surface area is 176 Å². The lowest BCUT2D eigenvalue weighted by Gasteiger charge is -2.36. The zero-order valence-corrected chi connectivity index (χ0v) is 17.7. The maximum atomic E-state index is 13.1. The lowest BCUT2D eigenvalue weighted by Crippen LogP contribution is -2.50. The Bertz CT molecular complexity index is 947. The Kier molecular flexibility index (Phi) is 6.59. The van der Waals surface area contributed by atoms with E-state index in [1.165, 1.54) is 0 Å². The van der Waals surface area contributed by atoms with Crippen LogP contribution in [0.3, 0.4) is 0 Å². The fraction of sp³-hybridized carbons (Fsp3) is 0.435. The second-order valence-electron chi connectivity index (χ2n) is 8.51. The van der Waals surface area contributed by atoms with Gasteiger partial charge in [0.1, 0.15) is 11.2 Å². The second kappa shape index (κ2) is 9.15. The van der Waals surface area contributed by atoms with Crippen molar-refractivity contribution in [3.05, 3.63) is 58.4 Å². The summed E-state index contributed by atoms with van der Waals surface area (Å²) >= 11 is 0. The topological polar surface area (TPSA) is 91.5 Å². The highest BCUT2D eigenvalue weighted by molar-refractivity contribution is 5.94. The first-order chi connectivity index (χ1) is 14.2. The van der Waals surface area contributed by atoms with Crippen molar-refractivity contribution in [1.29, 1.82) is 0 Å². The van der Waals surface area contributed by atoms with Crippen LogP contribution >= 0.6 is 0 Å². The third-order valence-corrected chi connectivity index (χ3v) is 4.99. The minimum Gasteiger partial charge on any atom is -0.444 e. The molecule has 1 aromatic carbocycles. The third-order valence-electron chi connectivity index (χ3n) is 4.99. The number of ether oxygens (including phenoxy) is 1. The number of hydrogen-bond acceptors (Lipinski definition) is 4. The SMILES string of the molecule is CC(C)(C)OC(=O)NCC1CCCCN1C(=O)c1ccc(-c2ccccc2)[nH]c1=O. The van der Waals surface area contributed by atoms with E-state index in [2.05, 4.69) is 10.3 Å². The molecule has 7 nitrogen and oxygen atoms in total. The largest absolute Gasteiger partial charge is 0.444 e. The van der Waals surface area contributed by atoms with Crippen LogP contribution in [0.25, 0.3) is 11.3 Å². The molecule has 0 aliphatic carbocycles. The first-order valence-electron chi connectivity index (χ1n) is 10.3. The molecule has 1 atom stereocenters. The number of pyridine rings is 1. The fourth-order valence-electron chi connectivity index (χ4n) is 3.58. The summed E-state index contributed by atoms with van der Waals surface area (Å²) in [5.74, 6) is -0.313. The quantitative estimate of drug-likeness (QED) is 0.805. The monoisotopic (exact) mass is 411 g/mol. The van der Waals surface area contributed by atoms with E-state index in [1.54, 1.807) is 37.8 Å². The van der Waals surface area contributed by atoms with Crippen molar-refractivity contribution in [3.63, 3.8) is 0 Å². The van der Waals surface area contributed by atoms with Crippen LogP contribution < -0.4 is 10.9 Å². The highest BCUT2D eigenvalue weighted by Crippen LogP contribution is 2.20. The Morgan fingerprint density at radius 3 is 2.53 bits per heavy atom. The molecule has 1 unspecified atom stereocenters. The molecule has 1 aromatic heterocycles. The van der Waals surface area contributed by atoms with Crippen molar-refractivity contribution in [3.8, 4) is 11.3 Å². The van der Waals surface area contributed by atoms with Crippen molar-refractivity contribution < 1.29 is 14.3 Å². The number of aromatic nitrogens is 1. The number of carbonyl (C=O) groups is 2. The van der Waals surface area contributed by atoms with Gasteiger partial charge in [-0.3, -0.25) is 9.59 Å². The van der Waals surface area contributed by atoms with Gasteiger partial charge in [0, 0.05) is 24.8 Å². The van der Waals surface area contributed by atoms with Gasteiger partial charge in [0.2, 0.25) is 0 Å². The third kappa shape index (κ3) is 5.49. The summed E-state index contributed by atoms with van der Waals surface area (Å²) in [5, 5.41) is 2.75. The number of alkyl carbamates (subject to hydrolysis) is 1. The summed E-state index contributed by atoms with van der Waals surface area (Å²) in [5.41, 5.74) is 0.662. The van der Waals surface area contributed by atoms with E-state index in [4.69, 9.17) is 4.74 Å². The Morgan fingerprint density at radius 1 is 1.13 bits per heavy atom. The van der Waals surface area contributed by atoms with E-state index in [0.29, 0.717) is 18.8 Å². The van der Waals surface area contributed by atoms with E-state index in [0.717, 1.165) is 24.8 Å². The number of nitrogens with zero attached hydrogens (tertiary/aromatic N) is 1. The van der Waals surface area contributed by atoms with Crippen LogP contribution in [0, 0.1) is 0 Å². The number of H-pyrrole nitrogens is 1. The molecule has 3 rings (SSSR count). The molecule has 1 saturated heterocycles. The number of likely N-dealkylation sites (tertiary alicyclic amines) is 1. The highest BCUT2D eigenvalue weighted by Gasteiger charge is 2.29. The lowest BCUT2D eigenvalue weighted by atomic mass is 10.0. The van der Waals surface area contributed by atoms with Crippen molar-refractivity contribution in [2.45, 2.75) is 51.7 Å². The first kappa shape index (κ1) is 21.6. The van der Waals surface area contributed by atoms with Gasteiger partial charge < -0.3 is 19.9 Å². The highest BCUT2D eigenvalue weighted by atomic mass is 16.6. The minimum absolute atomic E-state index is 0.110. The number of aromatic amines is 1. The van der Waals surface area contributed by atoms with Gasteiger partial charge in [-0.25, -0.2) is 4.79 Å². The Hall–Kier alpha value is -3.09. The standard InChI is InChI=1S/C23H29N3O4/c1-23(2,3)30-22(29)24-15-17-11-7-8-14-26(17)21(28)18-12-13-19(25-20(18)27)16-9-5-4-6-10-16/h4-6,9-10,12-13,17H,7-8,11,14-15H2,1-3H3,(H,24,29)(H,25,27). The van der Waals surface area contributed by atoms with Crippen molar-refractivity contribution in [1.82, 2.24) is 15.2 Å². The van der Waals surface area contributed by atoms with E-state index in [-0.39, 0.29) is 17.5 Å². The van der Waals surface area contributed by atoms with Crippen LogP contribution in [0.1, 0.15) is 50.4 Å². The molecule has 1 fully saturated rings. The molecule has 2 N–H and O–H groups in total. The van der Waals surface area contributed by atoms with Crippen LogP contribution in [-0.4, -0.2) is 46.6 Å². The van der Waals surface area contributed by atoms with Crippen molar-refractivity contribution in [2.75, 3.05) is 13.1 Å². The van der Waals surface area contributed by atoms with Crippen LogP contribution in [0.5, 0.6) is 0 Å². The first-order valence-corrected chi connectivity index (χ1v) is 10.3. The zero-order chi connectivity index (χ0) is 21.7. The molecule has 2 heterocycles. The van der Waals surface area contributed by atoms with E-state index in [9.17, 15) is 14.4 Å². The molecule has 2 amide bonds. The Balaban J connectivity index is 1.72. The molecule has 0 bridgehead atoms. The number of amides is 2. The second-order valence-corrected chi connectivity index (χ2v) is 8.51. The van der Waals surface area contributed by atoms with Crippen LogP contribution in [0.4, 0.5) is 4.79 Å². The van der Waals surface area contributed by atoms with Crippen LogP contribution in [0.15, 0.2) is 47.3 Å². The minimum atomic E-state index is -0.583. The van der Waals surface area contributed by atoms with Crippen LogP contribution in [-0.2, 0) is 4.74 Å². The number of carbonyl (C=O) groups excluding carboxylic acids is 2. The summed E-state index contributed by atoms with van der Waals surface area (Å²) in [4.78, 5) is 42.2. The van der Waals surface area contributed by atoms with Gasteiger partial charge in [0.15, 0.2) is 0 Å². The molecule has 2 aromatic rings. The van der Waals surface area contributed by atoms with E-state index in [1.807, 2.05) is 30.3 Å². The van der Waals surface area contributed by atoms with Gasteiger partial charge in [0.25, 0.3) is 11.5 Å². The molecule has 0 saturated carbocycles. The number of rotatable bonds is 4. The molecular weight excluding hydrogens is 382 g/mol. The van der Waals surface area contributed by atoms with E-state index >= 15 is 0 Å². The predicted octanol–water partition coefficient (Wildman–Crippen LogP) is 3.56. The summed E-state index contributed by atoms with van der Waals surface area (Å²) in [6, 6.07) is 12.6. The molecule has 0 spiro atoms. The maximum Gasteiger partial charge on any atom is 0.407 e. The summed E-state index contributed by atoms with van der Waals surface area (Å²) in [7, 11) is 0. The average molecular weight is 412 g/mol. The number of benzene rings is 1. The summed E-state index contributed by atoms with van der Waals surface area (Å²) in [6.45, 7) is 6.25. The van der Waals surface area contributed by atoms with Gasteiger partial charge >= 0.3 is 6.09 Å². The van der Waals surface area contributed by atoms with Gasteiger partial charge in [0.05, 0.1) is 0 Å². The van der Waals surface area contributed by atoms with Gasteiger partial charge in [-0.05, 0) is 57.7 Å². The van der Waals surface area contributed by atoms with Crippen molar-refractivity contribution in [2.24, 2.45) is 0 Å². The fourth-order valence-corrected chi connectivity index (χ4v) is 3.58. The molecule has 7 heteroatoms. The van der Waals surface area contributed by atoms with E-state index < -0.39 is 17.3 Å². The molecule has 30 heavy (non-hydrogen) atoms. The van der Waals surface area contributed by atoms with Gasteiger partial charge in [-0.2, -0.15) is 0 Å². The predicted molar refractivity (Wildman–Crippen MR) is 115 cm³/mol. The number of hydrogen-bond donors (Lipinski definition) is 2. The molecule has 160 valence electrons. The molecule has 1 aliphatic rings. The normalized spacial score (nSPS) is 16.8. The smallest absolute Gasteiger partial charge is 0.407 e. The number of piperidine rings is 1. The molecule has 1 aliphatic heterocycles. The number of nitrogens with one attached hydrogen (secondary N) is 2. The average Bonchev–Trinajstić information content (AvgIpc) is 2.71. The van der Waals surface area contributed by atoms with Crippen LogP contribution in [0.2, 0.25) is 0 Å². The maximum absolute atomic E-state index is 13.1. The zero-order valence-electron chi connectivity index (χ0n) is 17.7. The summed E-state index contributed by atoms with van der Waals surface area (Å²) < 4.78 is 5.27. The lowest BCUT2D eigenvalue weighted by molar-refractivity contribution is 0.0462. The van der Waals surface area contributed by atoms with Crippen molar-refractivity contribution >= 4 is 12.0 Å². The summed E-state index contributed by atoms with van der Waals surface area (Å²) in [6.07, 6.45) is 2.09. The Morgan fingerprint density at radius 2 is 1.87 bits per heavy atom. The van der Waals surface area contributed by atoms with Gasteiger partial charge in [-0.1, -0.05) is 30.3 Å². The van der Waals surface area contributed by atoms with Gasteiger partial charge in [-0.15, -0.1) is 0 Å².